The van der Waals surface area contributed by atoms with Gasteiger partial charge in [-0.05, 0) is 42.0 Å². The van der Waals surface area contributed by atoms with E-state index in [1.807, 2.05) is 62.4 Å². The number of fused-ring (bicyclic) bond motifs is 1. The first-order valence-electron chi connectivity index (χ1n) is 10.9. The van der Waals surface area contributed by atoms with Crippen molar-refractivity contribution in [2.24, 2.45) is 0 Å². The maximum Gasteiger partial charge on any atom is 0.256 e. The number of benzene rings is 3. The number of hydrogen-bond acceptors (Lipinski definition) is 4. The lowest BCUT2D eigenvalue weighted by Gasteiger charge is -2.27. The number of anilines is 1. The summed E-state index contributed by atoms with van der Waals surface area (Å²) in [6.07, 6.45) is -0.407. The highest BCUT2D eigenvalue weighted by Gasteiger charge is 2.36. The van der Waals surface area contributed by atoms with Crippen LogP contribution in [-0.4, -0.2) is 36.6 Å². The van der Waals surface area contributed by atoms with Crippen LogP contribution in [0.3, 0.4) is 0 Å². The van der Waals surface area contributed by atoms with E-state index in [4.69, 9.17) is 11.6 Å². The molecule has 0 aromatic heterocycles. The molecule has 0 spiro atoms. The summed E-state index contributed by atoms with van der Waals surface area (Å²) in [6, 6.07) is 21.6. The van der Waals surface area contributed by atoms with Crippen LogP contribution in [-0.2, 0) is 16.6 Å². The van der Waals surface area contributed by atoms with Crippen molar-refractivity contribution in [1.29, 1.82) is 0 Å². The molecule has 1 heterocycles. The van der Waals surface area contributed by atoms with E-state index in [0.717, 1.165) is 11.1 Å². The summed E-state index contributed by atoms with van der Waals surface area (Å²) >= 11 is 6.36. The number of sulfonamides is 1. The van der Waals surface area contributed by atoms with E-state index in [9.17, 15) is 13.2 Å². The fourth-order valence-electron chi connectivity index (χ4n) is 4.09. The van der Waals surface area contributed by atoms with Gasteiger partial charge in [-0.15, -0.1) is 0 Å². The highest BCUT2D eigenvalue weighted by molar-refractivity contribution is 7.89. The number of nitrogens with zero attached hydrogens (tertiary/aromatic N) is 2. The molecule has 0 saturated carbocycles. The molecule has 0 fully saturated rings. The Labute approximate surface area is 199 Å². The largest absolute Gasteiger partial charge is 0.361 e. The molecule has 1 aliphatic heterocycles. The molecule has 4 rings (SSSR count). The minimum absolute atomic E-state index is 0.0799. The fraction of sp³-hybridized carbons (Fsp3) is 0.240. The predicted molar refractivity (Wildman–Crippen MR) is 131 cm³/mol. The minimum atomic E-state index is -3.53. The standard InChI is InChI=1S/C25H26ClN3O3S/c1-3-28(4-2)33(31,32)20-15-13-19(14-16-20)27-24-21-10-6-7-11-22(21)25(30)29(24)17-18-9-5-8-12-23(18)26/h5-16,24,27H,3-4,17H2,1-2H3/t24-/m0/s1. The van der Waals surface area contributed by atoms with E-state index in [2.05, 4.69) is 5.32 Å². The zero-order valence-electron chi connectivity index (χ0n) is 18.5. The van der Waals surface area contributed by atoms with Gasteiger partial charge in [0.05, 0.1) is 4.90 Å². The van der Waals surface area contributed by atoms with Crippen molar-refractivity contribution in [3.63, 3.8) is 0 Å². The van der Waals surface area contributed by atoms with Crippen LogP contribution in [0.25, 0.3) is 0 Å². The molecule has 8 heteroatoms. The topological polar surface area (TPSA) is 69.7 Å². The van der Waals surface area contributed by atoms with E-state index >= 15 is 0 Å². The highest BCUT2D eigenvalue weighted by atomic mass is 35.5. The molecule has 0 aliphatic carbocycles. The van der Waals surface area contributed by atoms with Crippen molar-refractivity contribution < 1.29 is 13.2 Å². The second kappa shape index (κ2) is 9.55. The number of nitrogens with one attached hydrogen (secondary N) is 1. The fourth-order valence-corrected chi connectivity index (χ4v) is 5.75. The monoisotopic (exact) mass is 483 g/mol. The van der Waals surface area contributed by atoms with Crippen LogP contribution >= 0.6 is 11.6 Å². The zero-order valence-corrected chi connectivity index (χ0v) is 20.1. The maximum atomic E-state index is 13.2. The van der Waals surface area contributed by atoms with Gasteiger partial charge in [0.1, 0.15) is 6.17 Å². The number of amides is 1. The zero-order chi connectivity index (χ0) is 23.6. The Balaban J connectivity index is 1.63. The van der Waals surface area contributed by atoms with Gasteiger partial charge in [0.15, 0.2) is 0 Å². The number of carbonyl (C=O) groups is 1. The van der Waals surface area contributed by atoms with Crippen molar-refractivity contribution in [2.45, 2.75) is 31.5 Å². The predicted octanol–water partition coefficient (Wildman–Crippen LogP) is 5.14. The number of halogens is 1. The van der Waals surface area contributed by atoms with E-state index < -0.39 is 16.2 Å². The third-order valence-electron chi connectivity index (χ3n) is 5.86. The number of rotatable bonds is 8. The van der Waals surface area contributed by atoms with Crippen LogP contribution in [0.15, 0.2) is 77.7 Å². The van der Waals surface area contributed by atoms with Crippen LogP contribution in [0.4, 0.5) is 5.69 Å². The van der Waals surface area contributed by atoms with Crippen molar-refractivity contribution in [1.82, 2.24) is 9.21 Å². The summed E-state index contributed by atoms with van der Waals surface area (Å²) in [5, 5.41) is 4.01. The molecule has 1 N–H and O–H groups in total. The van der Waals surface area contributed by atoms with Crippen LogP contribution in [0.5, 0.6) is 0 Å². The summed E-state index contributed by atoms with van der Waals surface area (Å²) in [4.78, 5) is 15.2. The molecular formula is C25H26ClN3O3S. The van der Waals surface area contributed by atoms with E-state index in [1.54, 1.807) is 29.2 Å². The Morgan fingerprint density at radius 3 is 2.24 bits per heavy atom. The molecular weight excluding hydrogens is 458 g/mol. The van der Waals surface area contributed by atoms with E-state index in [-0.39, 0.29) is 10.8 Å². The van der Waals surface area contributed by atoms with Gasteiger partial charge < -0.3 is 10.2 Å². The average molecular weight is 484 g/mol. The molecule has 1 amide bonds. The van der Waals surface area contributed by atoms with Crippen LogP contribution < -0.4 is 5.32 Å². The first-order chi connectivity index (χ1) is 15.9. The van der Waals surface area contributed by atoms with Gasteiger partial charge in [-0.3, -0.25) is 4.79 Å². The normalized spacial score (nSPS) is 15.7. The summed E-state index contributed by atoms with van der Waals surface area (Å²) in [5.41, 5.74) is 3.08. The molecule has 0 unspecified atom stereocenters. The molecule has 6 nitrogen and oxygen atoms in total. The molecule has 1 atom stereocenters. The van der Waals surface area contributed by atoms with Gasteiger partial charge >= 0.3 is 0 Å². The van der Waals surface area contributed by atoms with Gasteiger partial charge in [0, 0.05) is 41.5 Å². The minimum Gasteiger partial charge on any atom is -0.361 e. The van der Waals surface area contributed by atoms with Crippen LogP contribution in [0, 0.1) is 0 Å². The van der Waals surface area contributed by atoms with E-state index in [1.165, 1.54) is 4.31 Å². The number of carbonyl (C=O) groups excluding carboxylic acids is 1. The van der Waals surface area contributed by atoms with Gasteiger partial charge in [-0.1, -0.05) is 61.8 Å². The summed E-state index contributed by atoms with van der Waals surface area (Å²) < 4.78 is 27.0. The molecule has 0 bridgehead atoms. The molecule has 3 aromatic rings. The molecule has 33 heavy (non-hydrogen) atoms. The summed E-state index contributed by atoms with van der Waals surface area (Å²) in [6.45, 7) is 4.81. The summed E-state index contributed by atoms with van der Waals surface area (Å²) in [7, 11) is -3.53. The SMILES string of the molecule is CCN(CC)S(=O)(=O)c1ccc(N[C@@H]2c3ccccc3C(=O)N2Cc2ccccc2Cl)cc1. The van der Waals surface area contributed by atoms with Crippen LogP contribution in [0.2, 0.25) is 5.02 Å². The molecule has 172 valence electrons. The second-order valence-electron chi connectivity index (χ2n) is 7.77. The van der Waals surface area contributed by atoms with E-state index in [0.29, 0.717) is 35.9 Å². The average Bonchev–Trinajstić information content (AvgIpc) is 3.07. The van der Waals surface area contributed by atoms with Gasteiger partial charge in [-0.2, -0.15) is 4.31 Å². The lowest BCUT2D eigenvalue weighted by Crippen LogP contribution is -2.32. The lowest BCUT2D eigenvalue weighted by atomic mass is 10.1. The first-order valence-corrected chi connectivity index (χ1v) is 12.7. The third-order valence-corrected chi connectivity index (χ3v) is 8.29. The Morgan fingerprint density at radius 1 is 0.939 bits per heavy atom. The Bertz CT molecular complexity index is 1260. The molecule has 0 saturated heterocycles. The van der Waals surface area contributed by atoms with Crippen LogP contribution in [0.1, 0.15) is 41.5 Å². The molecule has 0 radical (unpaired) electrons. The second-order valence-corrected chi connectivity index (χ2v) is 10.1. The van der Waals surface area contributed by atoms with Gasteiger partial charge in [-0.25, -0.2) is 8.42 Å². The first kappa shape index (κ1) is 23.3. The molecule has 1 aliphatic rings. The Hall–Kier alpha value is -2.87. The van der Waals surface area contributed by atoms with Gasteiger partial charge in [0.25, 0.3) is 5.91 Å². The van der Waals surface area contributed by atoms with Gasteiger partial charge in [0.2, 0.25) is 10.0 Å². The third kappa shape index (κ3) is 4.49. The lowest BCUT2D eigenvalue weighted by molar-refractivity contribution is 0.0729. The maximum absolute atomic E-state index is 13.2. The van der Waals surface area contributed by atoms with Crippen molar-refractivity contribution in [3.05, 3.63) is 94.5 Å². The van der Waals surface area contributed by atoms with Crippen molar-refractivity contribution >= 4 is 33.2 Å². The summed E-state index contributed by atoms with van der Waals surface area (Å²) in [5.74, 6) is -0.0799. The highest BCUT2D eigenvalue weighted by Crippen LogP contribution is 2.36. The number of hydrogen-bond donors (Lipinski definition) is 1. The Morgan fingerprint density at radius 2 is 1.58 bits per heavy atom. The van der Waals surface area contributed by atoms with Crippen molar-refractivity contribution in [2.75, 3.05) is 18.4 Å². The smallest absolute Gasteiger partial charge is 0.256 e. The van der Waals surface area contributed by atoms with Crippen molar-refractivity contribution in [3.8, 4) is 0 Å². The quantitative estimate of drug-likeness (QED) is 0.481. The Kier molecular flexibility index (Phi) is 6.74. The molecule has 3 aromatic carbocycles.